The molecule has 0 atom stereocenters. The zero-order valence-electron chi connectivity index (χ0n) is 11.9. The number of anilines is 2. The van der Waals surface area contributed by atoms with Crippen LogP contribution in [0.4, 0.5) is 11.4 Å². The Morgan fingerprint density at radius 1 is 1.25 bits per heavy atom. The molecule has 2 aliphatic heterocycles. The summed E-state index contributed by atoms with van der Waals surface area (Å²) in [6.45, 7) is 4.48. The predicted octanol–water partition coefficient (Wildman–Crippen LogP) is 0.979. The van der Waals surface area contributed by atoms with E-state index in [2.05, 4.69) is 28.4 Å². The zero-order chi connectivity index (χ0) is 13.9. The van der Waals surface area contributed by atoms with E-state index in [4.69, 9.17) is 4.74 Å². The van der Waals surface area contributed by atoms with E-state index in [1.54, 1.807) is 12.0 Å². The molecule has 5 nitrogen and oxygen atoms in total. The number of nitrogens with zero attached hydrogens (tertiary/aromatic N) is 2. The van der Waals surface area contributed by atoms with Crippen LogP contribution in [0.15, 0.2) is 18.2 Å². The van der Waals surface area contributed by atoms with Crippen molar-refractivity contribution in [2.24, 2.45) is 0 Å². The van der Waals surface area contributed by atoms with Crippen molar-refractivity contribution in [1.82, 2.24) is 5.32 Å². The van der Waals surface area contributed by atoms with Gasteiger partial charge < -0.3 is 15.0 Å². The van der Waals surface area contributed by atoms with Gasteiger partial charge in [0.15, 0.2) is 0 Å². The molecule has 1 saturated heterocycles. The van der Waals surface area contributed by atoms with Crippen molar-refractivity contribution in [1.29, 1.82) is 0 Å². The van der Waals surface area contributed by atoms with E-state index in [9.17, 15) is 4.79 Å². The molecule has 1 aromatic carbocycles. The monoisotopic (exact) mass is 275 g/mol. The van der Waals surface area contributed by atoms with Crippen LogP contribution in [0.2, 0.25) is 0 Å². The Kier molecular flexibility index (Phi) is 3.89. The summed E-state index contributed by atoms with van der Waals surface area (Å²) >= 11 is 0. The third-order valence-corrected chi connectivity index (χ3v) is 4.00. The number of carbonyl (C=O) groups excluding carboxylic acids is 1. The van der Waals surface area contributed by atoms with Crippen molar-refractivity contribution in [2.45, 2.75) is 12.8 Å². The van der Waals surface area contributed by atoms with Crippen LogP contribution < -0.4 is 15.1 Å². The molecule has 1 aromatic rings. The van der Waals surface area contributed by atoms with Crippen molar-refractivity contribution in [3.05, 3.63) is 23.8 Å². The van der Waals surface area contributed by atoms with Gasteiger partial charge in [-0.25, -0.2) is 0 Å². The highest BCUT2D eigenvalue weighted by Gasteiger charge is 2.24. The zero-order valence-corrected chi connectivity index (χ0v) is 11.9. The topological polar surface area (TPSA) is 44.8 Å². The molecule has 20 heavy (non-hydrogen) atoms. The van der Waals surface area contributed by atoms with Crippen molar-refractivity contribution in [3.8, 4) is 0 Å². The van der Waals surface area contributed by atoms with Crippen LogP contribution in [0.3, 0.4) is 0 Å². The van der Waals surface area contributed by atoms with E-state index in [0.717, 1.165) is 38.3 Å². The van der Waals surface area contributed by atoms with E-state index in [1.807, 2.05) is 0 Å². The minimum atomic E-state index is 0.147. The van der Waals surface area contributed by atoms with Crippen LogP contribution in [0, 0.1) is 0 Å². The van der Waals surface area contributed by atoms with E-state index in [-0.39, 0.29) is 5.91 Å². The van der Waals surface area contributed by atoms with Gasteiger partial charge in [0.25, 0.3) is 0 Å². The molecule has 108 valence electrons. The lowest BCUT2D eigenvalue weighted by molar-refractivity contribution is -0.119. The van der Waals surface area contributed by atoms with Crippen LogP contribution in [-0.4, -0.2) is 45.9 Å². The van der Waals surface area contributed by atoms with Crippen molar-refractivity contribution in [2.75, 3.05) is 49.8 Å². The van der Waals surface area contributed by atoms with Crippen molar-refractivity contribution < 1.29 is 9.53 Å². The smallest absolute Gasteiger partial charge is 0.229 e. The lowest BCUT2D eigenvalue weighted by atomic mass is 10.0. The van der Waals surface area contributed by atoms with Gasteiger partial charge in [0, 0.05) is 51.1 Å². The molecule has 1 fully saturated rings. The number of fused-ring (bicyclic) bond motifs is 1. The fourth-order valence-corrected chi connectivity index (χ4v) is 2.94. The highest BCUT2D eigenvalue weighted by atomic mass is 16.5. The second kappa shape index (κ2) is 5.81. The molecule has 2 heterocycles. The summed E-state index contributed by atoms with van der Waals surface area (Å²) in [5, 5.41) is 3.37. The van der Waals surface area contributed by atoms with Crippen molar-refractivity contribution in [3.63, 3.8) is 0 Å². The molecule has 0 saturated carbocycles. The molecule has 0 aromatic heterocycles. The number of piperazine rings is 1. The summed E-state index contributed by atoms with van der Waals surface area (Å²) in [5.74, 6) is 0.147. The molecule has 0 aliphatic carbocycles. The number of rotatable bonds is 3. The Balaban J connectivity index is 1.86. The van der Waals surface area contributed by atoms with Crippen LogP contribution in [0.1, 0.15) is 12.0 Å². The molecule has 1 amide bonds. The van der Waals surface area contributed by atoms with Gasteiger partial charge in [-0.1, -0.05) is 0 Å². The van der Waals surface area contributed by atoms with Crippen LogP contribution in [-0.2, 0) is 16.0 Å². The summed E-state index contributed by atoms with van der Waals surface area (Å²) in [5.41, 5.74) is 3.51. The number of benzene rings is 1. The molecular formula is C15H21N3O2. The number of carbonyl (C=O) groups is 1. The largest absolute Gasteiger partial charge is 0.369 e. The highest BCUT2D eigenvalue weighted by molar-refractivity contribution is 5.96. The molecule has 0 spiro atoms. The minimum Gasteiger partial charge on any atom is -0.369 e. The Hall–Kier alpha value is -1.59. The second-order valence-electron chi connectivity index (χ2n) is 5.29. The Labute approximate surface area is 119 Å². The van der Waals surface area contributed by atoms with Gasteiger partial charge in [-0.05, 0) is 30.2 Å². The van der Waals surface area contributed by atoms with Crippen LogP contribution in [0.5, 0.6) is 0 Å². The Morgan fingerprint density at radius 2 is 2.05 bits per heavy atom. The van der Waals surface area contributed by atoms with Crippen LogP contribution >= 0.6 is 0 Å². The Morgan fingerprint density at radius 3 is 2.80 bits per heavy atom. The first-order valence-electron chi connectivity index (χ1n) is 7.17. The third kappa shape index (κ3) is 2.51. The quantitative estimate of drug-likeness (QED) is 0.893. The standard InChI is InChI=1S/C15H21N3O2/c1-20-11-18-14-4-3-13(17-8-6-16-7-9-17)10-12(14)2-5-15(18)19/h3-4,10,16H,2,5-9,11H2,1H3. The number of aryl methyl sites for hydroxylation is 1. The van der Waals surface area contributed by atoms with Gasteiger partial charge in [0.2, 0.25) is 5.91 Å². The second-order valence-corrected chi connectivity index (χ2v) is 5.29. The summed E-state index contributed by atoms with van der Waals surface area (Å²) < 4.78 is 5.14. The summed E-state index contributed by atoms with van der Waals surface area (Å²) in [6, 6.07) is 6.41. The van der Waals surface area contributed by atoms with E-state index >= 15 is 0 Å². The maximum absolute atomic E-state index is 12.0. The number of methoxy groups -OCH3 is 1. The Bertz CT molecular complexity index is 498. The number of hydrogen-bond donors (Lipinski definition) is 1. The average Bonchev–Trinajstić information content (AvgIpc) is 2.51. The lowest BCUT2D eigenvalue weighted by Gasteiger charge is -2.33. The average molecular weight is 275 g/mol. The molecule has 0 bridgehead atoms. The van der Waals surface area contributed by atoms with Gasteiger partial charge in [-0.3, -0.25) is 9.69 Å². The third-order valence-electron chi connectivity index (χ3n) is 4.00. The van der Waals surface area contributed by atoms with Gasteiger partial charge in [0.1, 0.15) is 6.73 Å². The number of hydrogen-bond acceptors (Lipinski definition) is 4. The first-order valence-corrected chi connectivity index (χ1v) is 7.17. The van der Waals surface area contributed by atoms with E-state index in [0.29, 0.717) is 13.2 Å². The highest BCUT2D eigenvalue weighted by Crippen LogP contribution is 2.31. The van der Waals surface area contributed by atoms with E-state index < -0.39 is 0 Å². The number of amides is 1. The first kappa shape index (κ1) is 13.4. The molecule has 0 radical (unpaired) electrons. The fraction of sp³-hybridized carbons (Fsp3) is 0.533. The maximum atomic E-state index is 12.0. The molecular weight excluding hydrogens is 254 g/mol. The molecule has 1 N–H and O–H groups in total. The summed E-state index contributed by atoms with van der Waals surface area (Å²) in [7, 11) is 1.62. The predicted molar refractivity (Wildman–Crippen MR) is 79.2 cm³/mol. The van der Waals surface area contributed by atoms with Gasteiger partial charge in [0.05, 0.1) is 0 Å². The van der Waals surface area contributed by atoms with Crippen molar-refractivity contribution >= 4 is 17.3 Å². The van der Waals surface area contributed by atoms with Gasteiger partial charge >= 0.3 is 0 Å². The fourth-order valence-electron chi connectivity index (χ4n) is 2.94. The van der Waals surface area contributed by atoms with E-state index in [1.165, 1.54) is 11.3 Å². The number of ether oxygens (including phenoxy) is 1. The van der Waals surface area contributed by atoms with Gasteiger partial charge in [-0.2, -0.15) is 0 Å². The molecule has 5 heteroatoms. The van der Waals surface area contributed by atoms with Crippen LogP contribution in [0.25, 0.3) is 0 Å². The molecule has 0 unspecified atom stereocenters. The maximum Gasteiger partial charge on any atom is 0.229 e. The molecule has 2 aliphatic rings. The molecule has 3 rings (SSSR count). The minimum absolute atomic E-state index is 0.147. The first-order chi connectivity index (χ1) is 9.79. The normalized spacial score (nSPS) is 19.1. The number of nitrogens with one attached hydrogen (secondary N) is 1. The summed E-state index contributed by atoms with van der Waals surface area (Å²) in [4.78, 5) is 16.1. The summed E-state index contributed by atoms with van der Waals surface area (Å²) in [6.07, 6.45) is 1.40. The SMILES string of the molecule is COCN1C(=O)CCc2cc(N3CCNCC3)ccc21. The lowest BCUT2D eigenvalue weighted by Crippen LogP contribution is -2.43. The van der Waals surface area contributed by atoms with Gasteiger partial charge in [-0.15, -0.1) is 0 Å².